The van der Waals surface area contributed by atoms with Gasteiger partial charge in [0.15, 0.2) is 0 Å². The van der Waals surface area contributed by atoms with Gasteiger partial charge in [0.2, 0.25) is 0 Å². The molecule has 2 nitrogen and oxygen atoms in total. The first-order chi connectivity index (χ1) is 11.3. The lowest BCUT2D eigenvalue weighted by Gasteiger charge is -2.05. The molecule has 130 valence electrons. The summed E-state index contributed by atoms with van der Waals surface area (Å²) in [5, 5.41) is 9.95. The normalized spacial score (nSPS) is 11.4. The van der Waals surface area contributed by atoms with Crippen LogP contribution < -0.4 is 0 Å². The molecule has 0 amide bonds. The average Bonchev–Trinajstić information content (AvgIpc) is 2.56. The molecular formula is C21H35NO. The quantitative estimate of drug-likeness (QED) is 0.336. The summed E-state index contributed by atoms with van der Waals surface area (Å²) in [5.41, 5.74) is 2.18. The van der Waals surface area contributed by atoms with E-state index in [-0.39, 0.29) is 0 Å². The molecule has 0 heterocycles. The van der Waals surface area contributed by atoms with Crippen LogP contribution in [0.1, 0.15) is 89.2 Å². The van der Waals surface area contributed by atoms with Gasteiger partial charge in [0.25, 0.3) is 0 Å². The van der Waals surface area contributed by atoms with Gasteiger partial charge < -0.3 is 5.11 Å². The SMILES string of the molecule is CCCCCCCCc1ccc(O)c(C=NCCCCCC)c1. The molecule has 0 unspecified atom stereocenters. The zero-order valence-electron chi connectivity index (χ0n) is 15.2. The summed E-state index contributed by atoms with van der Waals surface area (Å²) < 4.78 is 0. The highest BCUT2D eigenvalue weighted by atomic mass is 16.3. The highest BCUT2D eigenvalue weighted by Crippen LogP contribution is 2.18. The molecule has 0 saturated carbocycles. The highest BCUT2D eigenvalue weighted by molar-refractivity contribution is 5.83. The van der Waals surface area contributed by atoms with Gasteiger partial charge in [-0.05, 0) is 37.0 Å². The molecule has 0 aliphatic rings. The van der Waals surface area contributed by atoms with Crippen molar-refractivity contribution in [2.45, 2.75) is 84.5 Å². The minimum atomic E-state index is 0.342. The van der Waals surface area contributed by atoms with Crippen LogP contribution in [0, 0.1) is 0 Å². The van der Waals surface area contributed by atoms with Gasteiger partial charge >= 0.3 is 0 Å². The van der Waals surface area contributed by atoms with Crippen molar-refractivity contribution in [1.29, 1.82) is 0 Å². The summed E-state index contributed by atoms with van der Waals surface area (Å²) in [5.74, 6) is 0.342. The zero-order valence-corrected chi connectivity index (χ0v) is 15.2. The van der Waals surface area contributed by atoms with Crippen LogP contribution in [0.2, 0.25) is 0 Å². The Kier molecular flexibility index (Phi) is 11.3. The second-order valence-corrected chi connectivity index (χ2v) is 6.51. The average molecular weight is 318 g/mol. The lowest BCUT2D eigenvalue weighted by Crippen LogP contribution is -1.91. The maximum Gasteiger partial charge on any atom is 0.124 e. The Morgan fingerprint density at radius 2 is 1.52 bits per heavy atom. The van der Waals surface area contributed by atoms with E-state index in [1.807, 2.05) is 18.3 Å². The topological polar surface area (TPSA) is 32.6 Å². The van der Waals surface area contributed by atoms with Gasteiger partial charge in [0.1, 0.15) is 5.75 Å². The third-order valence-corrected chi connectivity index (χ3v) is 4.28. The van der Waals surface area contributed by atoms with Crippen LogP contribution in [0.5, 0.6) is 5.75 Å². The number of rotatable bonds is 13. The Hall–Kier alpha value is -1.31. The molecule has 0 aromatic heterocycles. The van der Waals surface area contributed by atoms with Crippen LogP contribution in [-0.2, 0) is 6.42 Å². The van der Waals surface area contributed by atoms with Gasteiger partial charge in [-0.25, -0.2) is 0 Å². The van der Waals surface area contributed by atoms with Crippen LogP contribution in [-0.4, -0.2) is 17.9 Å². The summed E-state index contributed by atoms with van der Waals surface area (Å²) in [7, 11) is 0. The monoisotopic (exact) mass is 317 g/mol. The van der Waals surface area contributed by atoms with Gasteiger partial charge in [-0.3, -0.25) is 4.99 Å². The van der Waals surface area contributed by atoms with E-state index in [1.165, 1.54) is 63.4 Å². The number of unbranched alkanes of at least 4 members (excludes halogenated alkanes) is 8. The summed E-state index contributed by atoms with van der Waals surface area (Å²) >= 11 is 0. The van der Waals surface area contributed by atoms with Gasteiger partial charge in [0.05, 0.1) is 0 Å². The molecule has 1 aromatic carbocycles. The maximum atomic E-state index is 9.95. The minimum Gasteiger partial charge on any atom is -0.507 e. The lowest BCUT2D eigenvalue weighted by molar-refractivity contribution is 0.474. The number of phenols is 1. The van der Waals surface area contributed by atoms with Gasteiger partial charge in [-0.1, -0.05) is 71.3 Å². The summed E-state index contributed by atoms with van der Waals surface area (Å²) in [6.07, 6.45) is 15.8. The van der Waals surface area contributed by atoms with E-state index in [0.29, 0.717) is 5.75 Å². The zero-order chi connectivity index (χ0) is 16.8. The molecule has 0 aliphatic heterocycles. The highest BCUT2D eigenvalue weighted by Gasteiger charge is 2.01. The van der Waals surface area contributed by atoms with E-state index in [2.05, 4.69) is 24.9 Å². The molecule has 23 heavy (non-hydrogen) atoms. The molecule has 0 fully saturated rings. The fourth-order valence-electron chi connectivity index (χ4n) is 2.77. The molecule has 0 aliphatic carbocycles. The van der Waals surface area contributed by atoms with Crippen molar-refractivity contribution < 1.29 is 5.11 Å². The largest absolute Gasteiger partial charge is 0.507 e. The molecule has 0 saturated heterocycles. The van der Waals surface area contributed by atoms with Crippen molar-refractivity contribution in [1.82, 2.24) is 0 Å². The summed E-state index contributed by atoms with van der Waals surface area (Å²) in [6.45, 7) is 5.33. The first-order valence-corrected chi connectivity index (χ1v) is 9.59. The Morgan fingerprint density at radius 3 is 2.26 bits per heavy atom. The predicted molar refractivity (Wildman–Crippen MR) is 102 cm³/mol. The van der Waals surface area contributed by atoms with Crippen molar-refractivity contribution in [3.63, 3.8) is 0 Å². The van der Waals surface area contributed by atoms with Crippen LogP contribution in [0.25, 0.3) is 0 Å². The third-order valence-electron chi connectivity index (χ3n) is 4.28. The van der Waals surface area contributed by atoms with E-state index in [4.69, 9.17) is 0 Å². The Morgan fingerprint density at radius 1 is 0.870 bits per heavy atom. The lowest BCUT2D eigenvalue weighted by atomic mass is 10.0. The Labute approximate surface area is 143 Å². The maximum absolute atomic E-state index is 9.95. The van der Waals surface area contributed by atoms with Crippen LogP contribution in [0.15, 0.2) is 23.2 Å². The summed E-state index contributed by atoms with van der Waals surface area (Å²) in [4.78, 5) is 4.46. The number of hydrogen-bond acceptors (Lipinski definition) is 2. The Bertz CT molecular complexity index is 439. The molecule has 0 spiro atoms. The van der Waals surface area contributed by atoms with Crippen LogP contribution in [0.4, 0.5) is 0 Å². The van der Waals surface area contributed by atoms with Crippen molar-refractivity contribution in [2.24, 2.45) is 4.99 Å². The van der Waals surface area contributed by atoms with E-state index in [1.54, 1.807) is 0 Å². The molecule has 0 radical (unpaired) electrons. The number of hydrogen-bond donors (Lipinski definition) is 1. The number of phenolic OH excluding ortho intramolecular Hbond substituents is 1. The van der Waals surface area contributed by atoms with Crippen LogP contribution >= 0.6 is 0 Å². The molecule has 2 heteroatoms. The number of benzene rings is 1. The molecule has 1 rings (SSSR count). The van der Waals surface area contributed by atoms with Crippen molar-refractivity contribution in [3.05, 3.63) is 29.3 Å². The first kappa shape index (κ1) is 19.7. The van der Waals surface area contributed by atoms with Gasteiger partial charge in [-0.2, -0.15) is 0 Å². The molecule has 0 bridgehead atoms. The minimum absolute atomic E-state index is 0.342. The fourth-order valence-corrected chi connectivity index (χ4v) is 2.77. The number of nitrogens with zero attached hydrogens (tertiary/aromatic N) is 1. The standard InChI is InChI=1S/C21H35NO/c1-3-5-7-9-10-11-13-19-14-15-21(23)20(17-19)18-22-16-12-8-6-4-2/h14-15,17-18,23H,3-13,16H2,1-2H3. The Balaban J connectivity index is 2.34. The van der Waals surface area contributed by atoms with Gasteiger partial charge in [0, 0.05) is 18.3 Å². The molecule has 1 N–H and O–H groups in total. The number of aromatic hydroxyl groups is 1. The third kappa shape index (κ3) is 9.43. The van der Waals surface area contributed by atoms with E-state index < -0.39 is 0 Å². The second-order valence-electron chi connectivity index (χ2n) is 6.51. The smallest absolute Gasteiger partial charge is 0.124 e. The second kappa shape index (κ2) is 13.2. The van der Waals surface area contributed by atoms with E-state index in [9.17, 15) is 5.11 Å². The van der Waals surface area contributed by atoms with Gasteiger partial charge in [-0.15, -0.1) is 0 Å². The predicted octanol–water partition coefficient (Wildman–Crippen LogP) is 6.29. The number of aliphatic imine (C=N–C) groups is 1. The summed E-state index contributed by atoms with van der Waals surface area (Å²) in [6, 6.07) is 5.95. The molecule has 1 aromatic rings. The molecular weight excluding hydrogens is 282 g/mol. The van der Waals surface area contributed by atoms with E-state index in [0.717, 1.165) is 24.9 Å². The van der Waals surface area contributed by atoms with Crippen molar-refractivity contribution in [2.75, 3.05) is 6.54 Å². The van der Waals surface area contributed by atoms with Crippen molar-refractivity contribution in [3.8, 4) is 5.75 Å². The van der Waals surface area contributed by atoms with Crippen molar-refractivity contribution >= 4 is 6.21 Å². The fraction of sp³-hybridized carbons (Fsp3) is 0.667. The first-order valence-electron chi connectivity index (χ1n) is 9.59. The number of aryl methyl sites for hydroxylation is 1. The van der Waals surface area contributed by atoms with Crippen LogP contribution in [0.3, 0.4) is 0 Å². The van der Waals surface area contributed by atoms with E-state index >= 15 is 0 Å². The molecule has 0 atom stereocenters.